The van der Waals surface area contributed by atoms with E-state index in [0.717, 1.165) is 23.5 Å². The normalized spacial score (nSPS) is 17.2. The Labute approximate surface area is 122 Å². The number of ether oxygens (including phenoxy) is 1. The number of rotatable bonds is 3. The Kier molecular flexibility index (Phi) is 3.33. The number of hydrogen-bond acceptors (Lipinski definition) is 4. The topological polar surface area (TPSA) is 62.9 Å². The summed E-state index contributed by atoms with van der Waals surface area (Å²) in [6.07, 6.45) is 0.0779. The minimum absolute atomic E-state index is 0.0317. The molecular formula is C16H17NO4. The van der Waals surface area contributed by atoms with Crippen molar-refractivity contribution in [2.75, 3.05) is 11.4 Å². The molecule has 0 amide bonds. The number of hydrogen-bond donors (Lipinski definition) is 1. The van der Waals surface area contributed by atoms with Gasteiger partial charge in [0.05, 0.1) is 18.8 Å². The maximum absolute atomic E-state index is 10.9. The van der Waals surface area contributed by atoms with Crippen LogP contribution in [0.1, 0.15) is 28.8 Å². The Morgan fingerprint density at radius 1 is 1.38 bits per heavy atom. The van der Waals surface area contributed by atoms with Gasteiger partial charge in [-0.15, -0.1) is 0 Å². The zero-order chi connectivity index (χ0) is 15.0. The Balaban J connectivity index is 1.88. The number of carboxylic acids is 1. The average molecular weight is 287 g/mol. The molecule has 21 heavy (non-hydrogen) atoms. The van der Waals surface area contributed by atoms with E-state index < -0.39 is 5.97 Å². The second-order valence-corrected chi connectivity index (χ2v) is 5.35. The maximum atomic E-state index is 10.9. The number of carbonyl (C=O) groups is 1. The summed E-state index contributed by atoms with van der Waals surface area (Å²) >= 11 is 0. The van der Waals surface area contributed by atoms with Gasteiger partial charge in [-0.1, -0.05) is 6.07 Å². The molecule has 3 rings (SSSR count). The molecule has 0 spiro atoms. The van der Waals surface area contributed by atoms with Gasteiger partial charge in [-0.3, -0.25) is 0 Å². The molecule has 5 heteroatoms. The summed E-state index contributed by atoms with van der Waals surface area (Å²) in [6.45, 7) is 5.31. The summed E-state index contributed by atoms with van der Waals surface area (Å²) < 4.78 is 11.2. The molecule has 110 valence electrons. The van der Waals surface area contributed by atoms with Crippen LogP contribution < -0.4 is 9.64 Å². The van der Waals surface area contributed by atoms with Gasteiger partial charge < -0.3 is 19.2 Å². The molecule has 1 atom stereocenters. The average Bonchev–Trinajstić information content (AvgIpc) is 2.88. The van der Waals surface area contributed by atoms with E-state index in [1.807, 2.05) is 26.0 Å². The Bertz CT molecular complexity index is 677. The Morgan fingerprint density at radius 3 is 2.90 bits per heavy atom. The lowest BCUT2D eigenvalue weighted by Crippen LogP contribution is -2.37. The molecule has 1 aromatic heterocycles. The third kappa shape index (κ3) is 2.72. The van der Waals surface area contributed by atoms with Crippen molar-refractivity contribution < 1.29 is 19.1 Å². The molecule has 0 saturated carbocycles. The molecule has 0 fully saturated rings. The second kappa shape index (κ2) is 5.16. The zero-order valence-corrected chi connectivity index (χ0v) is 12.0. The van der Waals surface area contributed by atoms with Crippen LogP contribution >= 0.6 is 0 Å². The molecule has 2 aromatic rings. The third-order valence-electron chi connectivity index (χ3n) is 3.48. The van der Waals surface area contributed by atoms with Crippen molar-refractivity contribution in [1.29, 1.82) is 0 Å². The van der Waals surface area contributed by atoms with Crippen molar-refractivity contribution >= 4 is 11.7 Å². The molecule has 1 aliphatic heterocycles. The van der Waals surface area contributed by atoms with Crippen LogP contribution in [0.3, 0.4) is 0 Å². The van der Waals surface area contributed by atoms with Crippen molar-refractivity contribution in [1.82, 2.24) is 0 Å². The van der Waals surface area contributed by atoms with Crippen LogP contribution in [0.2, 0.25) is 0 Å². The van der Waals surface area contributed by atoms with Gasteiger partial charge in [-0.25, -0.2) is 4.79 Å². The monoisotopic (exact) mass is 287 g/mol. The number of benzene rings is 1. The van der Waals surface area contributed by atoms with Crippen molar-refractivity contribution in [3.63, 3.8) is 0 Å². The summed E-state index contributed by atoms with van der Waals surface area (Å²) in [5, 5.41) is 8.91. The van der Waals surface area contributed by atoms with E-state index in [4.69, 9.17) is 14.3 Å². The van der Waals surface area contributed by atoms with Crippen LogP contribution in [-0.2, 0) is 6.54 Å². The van der Waals surface area contributed by atoms with E-state index >= 15 is 0 Å². The van der Waals surface area contributed by atoms with Gasteiger partial charge in [0, 0.05) is 0 Å². The van der Waals surface area contributed by atoms with Gasteiger partial charge in [-0.2, -0.15) is 0 Å². The van der Waals surface area contributed by atoms with E-state index in [0.29, 0.717) is 12.3 Å². The molecular weight excluding hydrogens is 270 g/mol. The van der Waals surface area contributed by atoms with Gasteiger partial charge in [-0.05, 0) is 43.7 Å². The quantitative estimate of drug-likeness (QED) is 0.940. The first-order chi connectivity index (χ1) is 10.0. The van der Waals surface area contributed by atoms with Gasteiger partial charge in [0.2, 0.25) is 5.76 Å². The second-order valence-electron chi connectivity index (χ2n) is 5.35. The van der Waals surface area contributed by atoms with Crippen LogP contribution in [0.15, 0.2) is 34.7 Å². The van der Waals surface area contributed by atoms with Gasteiger partial charge in [0.25, 0.3) is 0 Å². The molecule has 0 bridgehead atoms. The molecule has 0 aliphatic carbocycles. The molecule has 0 radical (unpaired) electrons. The molecule has 0 saturated heterocycles. The van der Waals surface area contributed by atoms with Gasteiger partial charge in [0.1, 0.15) is 17.6 Å². The van der Waals surface area contributed by atoms with E-state index in [2.05, 4.69) is 11.0 Å². The first-order valence-electron chi connectivity index (χ1n) is 6.87. The van der Waals surface area contributed by atoms with Crippen LogP contribution in [0, 0.1) is 6.92 Å². The summed E-state index contributed by atoms with van der Waals surface area (Å²) in [4.78, 5) is 13.0. The van der Waals surface area contributed by atoms with Gasteiger partial charge in [0.15, 0.2) is 0 Å². The number of anilines is 1. The fraction of sp³-hybridized carbons (Fsp3) is 0.312. The lowest BCUT2D eigenvalue weighted by molar-refractivity contribution is 0.0660. The predicted molar refractivity (Wildman–Crippen MR) is 78.0 cm³/mol. The SMILES string of the molecule is Cc1ccc2c(c1)N(Cc1ccc(C(=O)O)o1)CC(C)O2. The molecule has 1 unspecified atom stereocenters. The minimum atomic E-state index is -1.05. The van der Waals surface area contributed by atoms with Gasteiger partial charge >= 0.3 is 5.97 Å². The highest BCUT2D eigenvalue weighted by atomic mass is 16.5. The highest BCUT2D eigenvalue weighted by molar-refractivity contribution is 5.84. The fourth-order valence-corrected chi connectivity index (χ4v) is 2.55. The van der Waals surface area contributed by atoms with E-state index in [1.54, 1.807) is 6.07 Å². The largest absolute Gasteiger partial charge is 0.487 e. The van der Waals surface area contributed by atoms with E-state index in [-0.39, 0.29) is 11.9 Å². The number of aromatic carboxylic acids is 1. The fourth-order valence-electron chi connectivity index (χ4n) is 2.55. The summed E-state index contributed by atoms with van der Waals surface area (Å²) in [7, 11) is 0. The van der Waals surface area contributed by atoms with Crippen LogP contribution in [0.5, 0.6) is 5.75 Å². The maximum Gasteiger partial charge on any atom is 0.371 e. The zero-order valence-electron chi connectivity index (χ0n) is 12.0. The lowest BCUT2D eigenvalue weighted by atomic mass is 10.1. The first kappa shape index (κ1) is 13.5. The molecule has 5 nitrogen and oxygen atoms in total. The Morgan fingerprint density at radius 2 is 2.19 bits per heavy atom. The Hall–Kier alpha value is -2.43. The molecule has 1 aliphatic rings. The molecule has 2 heterocycles. The molecule has 1 aromatic carbocycles. The lowest BCUT2D eigenvalue weighted by Gasteiger charge is -2.34. The molecule has 1 N–H and O–H groups in total. The number of aryl methyl sites for hydroxylation is 1. The standard InChI is InChI=1S/C16H17NO4/c1-10-3-5-14-13(7-10)17(8-11(2)20-14)9-12-4-6-15(21-12)16(18)19/h3-7,11H,8-9H2,1-2H3,(H,18,19). The summed E-state index contributed by atoms with van der Waals surface area (Å²) in [5.41, 5.74) is 2.17. The van der Waals surface area contributed by atoms with Crippen LogP contribution in [0.25, 0.3) is 0 Å². The van der Waals surface area contributed by atoms with Crippen molar-refractivity contribution in [2.24, 2.45) is 0 Å². The number of nitrogens with zero attached hydrogens (tertiary/aromatic N) is 1. The predicted octanol–water partition coefficient (Wildman–Crippen LogP) is 3.07. The van der Waals surface area contributed by atoms with Crippen molar-refractivity contribution in [3.05, 3.63) is 47.4 Å². The highest BCUT2D eigenvalue weighted by Gasteiger charge is 2.24. The summed E-state index contributed by atoms with van der Waals surface area (Å²) in [5.74, 6) is 0.405. The van der Waals surface area contributed by atoms with Crippen molar-refractivity contribution in [3.8, 4) is 5.75 Å². The van der Waals surface area contributed by atoms with Crippen molar-refractivity contribution in [2.45, 2.75) is 26.5 Å². The first-order valence-corrected chi connectivity index (χ1v) is 6.87. The van der Waals surface area contributed by atoms with Crippen LogP contribution in [0.4, 0.5) is 5.69 Å². The highest BCUT2D eigenvalue weighted by Crippen LogP contribution is 2.35. The van der Waals surface area contributed by atoms with Crippen LogP contribution in [-0.4, -0.2) is 23.7 Å². The number of fused-ring (bicyclic) bond motifs is 1. The van der Waals surface area contributed by atoms with E-state index in [1.165, 1.54) is 6.07 Å². The number of furan rings is 1. The third-order valence-corrected chi connectivity index (χ3v) is 3.48. The number of carboxylic acid groups (broad SMARTS) is 1. The minimum Gasteiger partial charge on any atom is -0.487 e. The summed E-state index contributed by atoms with van der Waals surface area (Å²) in [6, 6.07) is 9.25. The smallest absolute Gasteiger partial charge is 0.371 e. The van der Waals surface area contributed by atoms with E-state index in [9.17, 15) is 4.79 Å².